The van der Waals surface area contributed by atoms with Crippen molar-refractivity contribution in [1.82, 2.24) is 4.90 Å². The van der Waals surface area contributed by atoms with Crippen molar-refractivity contribution in [1.29, 1.82) is 0 Å². The van der Waals surface area contributed by atoms with Gasteiger partial charge in [-0.3, -0.25) is 0 Å². The summed E-state index contributed by atoms with van der Waals surface area (Å²) >= 11 is 3.32. The Morgan fingerprint density at radius 1 is 1.23 bits per heavy atom. The molecule has 3 nitrogen and oxygen atoms in total. The van der Waals surface area contributed by atoms with Crippen molar-refractivity contribution in [2.24, 2.45) is 0 Å². The molecular formula is C17H18N2OS2. The summed E-state index contributed by atoms with van der Waals surface area (Å²) in [7, 11) is 4.15. The fourth-order valence-corrected chi connectivity index (χ4v) is 3.71. The molecule has 0 aliphatic heterocycles. The number of rotatable bonds is 6. The third-order valence-corrected chi connectivity index (χ3v) is 4.79. The number of thiophene rings is 1. The van der Waals surface area contributed by atoms with Crippen molar-refractivity contribution in [3.8, 4) is 11.3 Å². The summed E-state index contributed by atoms with van der Waals surface area (Å²) in [6.45, 7) is 0.908. The molecule has 0 amide bonds. The predicted molar refractivity (Wildman–Crippen MR) is 95.3 cm³/mol. The first kappa shape index (κ1) is 15.2. The second-order valence-electron chi connectivity index (χ2n) is 5.26. The molecule has 3 aromatic rings. The van der Waals surface area contributed by atoms with Gasteiger partial charge in [-0.25, -0.2) is 0 Å². The summed E-state index contributed by atoms with van der Waals surface area (Å²) < 4.78 is 9.03. The predicted octanol–water partition coefficient (Wildman–Crippen LogP) is 5.19. The Bertz CT molecular complexity index is 706. The zero-order valence-electron chi connectivity index (χ0n) is 12.6. The second-order valence-corrected chi connectivity index (χ2v) is 6.92. The Kier molecular flexibility index (Phi) is 4.87. The van der Waals surface area contributed by atoms with Crippen molar-refractivity contribution in [2.45, 2.75) is 11.4 Å². The number of hydrogen-bond donors (Lipinski definition) is 1. The van der Waals surface area contributed by atoms with E-state index >= 15 is 0 Å². The normalized spacial score (nSPS) is 11.0. The fraction of sp³-hybridized carbons (Fsp3) is 0.176. The van der Waals surface area contributed by atoms with Crippen LogP contribution in [0.4, 0.5) is 5.69 Å². The lowest BCUT2D eigenvalue weighted by Gasteiger charge is -2.14. The lowest BCUT2D eigenvalue weighted by molar-refractivity contribution is 0.402. The number of nitrogens with zero attached hydrogens (tertiary/aromatic N) is 1. The molecule has 1 N–H and O–H groups in total. The van der Waals surface area contributed by atoms with Gasteiger partial charge in [-0.1, -0.05) is 6.07 Å². The van der Waals surface area contributed by atoms with Gasteiger partial charge in [0.2, 0.25) is 0 Å². The first-order valence-electron chi connectivity index (χ1n) is 6.99. The number of anilines is 1. The number of nitrogens with one attached hydrogen (secondary N) is 1. The third-order valence-electron chi connectivity index (χ3n) is 3.14. The van der Waals surface area contributed by atoms with E-state index in [1.165, 1.54) is 10.5 Å². The van der Waals surface area contributed by atoms with Crippen LogP contribution in [-0.4, -0.2) is 19.0 Å². The summed E-state index contributed by atoms with van der Waals surface area (Å²) in [6.07, 6.45) is 1.71. The molecule has 0 saturated heterocycles. The number of benzene rings is 1. The highest BCUT2D eigenvalue weighted by Gasteiger charge is 2.10. The molecule has 114 valence electrons. The number of furan rings is 1. The van der Waals surface area contributed by atoms with Crippen LogP contribution in [0.1, 0.15) is 5.56 Å². The fourth-order valence-electron chi connectivity index (χ4n) is 2.20. The van der Waals surface area contributed by atoms with E-state index in [2.05, 4.69) is 58.7 Å². The van der Waals surface area contributed by atoms with Crippen molar-refractivity contribution >= 4 is 29.0 Å². The zero-order chi connectivity index (χ0) is 15.4. The molecule has 0 aliphatic rings. The van der Waals surface area contributed by atoms with Gasteiger partial charge in [-0.15, -0.1) is 0 Å². The summed E-state index contributed by atoms with van der Waals surface area (Å²) in [5.41, 5.74) is 3.42. The van der Waals surface area contributed by atoms with Crippen LogP contribution < -0.4 is 4.72 Å². The van der Waals surface area contributed by atoms with Crippen molar-refractivity contribution in [3.05, 3.63) is 59.0 Å². The Balaban J connectivity index is 1.87. The lowest BCUT2D eigenvalue weighted by Crippen LogP contribution is -2.10. The molecule has 2 aromatic heterocycles. The monoisotopic (exact) mass is 330 g/mol. The molecule has 0 radical (unpaired) electrons. The maximum Gasteiger partial charge on any atom is 0.135 e. The summed E-state index contributed by atoms with van der Waals surface area (Å²) in [6, 6.07) is 12.5. The lowest BCUT2D eigenvalue weighted by atomic mass is 10.1. The van der Waals surface area contributed by atoms with Gasteiger partial charge in [0, 0.05) is 22.4 Å². The van der Waals surface area contributed by atoms with Crippen molar-refractivity contribution in [2.75, 3.05) is 18.8 Å². The minimum atomic E-state index is 0.883. The largest absolute Gasteiger partial charge is 0.464 e. The SMILES string of the molecule is CN(C)Cc1ccc(NSc2ccsc2)c(-c2ccco2)c1. The van der Waals surface area contributed by atoms with Crippen molar-refractivity contribution in [3.63, 3.8) is 0 Å². The van der Waals surface area contributed by atoms with E-state index in [9.17, 15) is 0 Å². The molecule has 5 heteroatoms. The van der Waals surface area contributed by atoms with E-state index in [1.54, 1.807) is 29.5 Å². The average molecular weight is 330 g/mol. The molecular weight excluding hydrogens is 312 g/mol. The molecule has 3 rings (SSSR count). The van der Waals surface area contributed by atoms with E-state index in [4.69, 9.17) is 4.42 Å². The van der Waals surface area contributed by atoms with E-state index in [1.807, 2.05) is 12.1 Å². The quantitative estimate of drug-likeness (QED) is 0.630. The minimum Gasteiger partial charge on any atom is -0.464 e. The van der Waals surface area contributed by atoms with Gasteiger partial charge in [0.05, 0.1) is 12.0 Å². The number of hydrogen-bond acceptors (Lipinski definition) is 5. The highest BCUT2D eigenvalue weighted by molar-refractivity contribution is 8.00. The van der Waals surface area contributed by atoms with Crippen LogP contribution in [0, 0.1) is 0 Å². The van der Waals surface area contributed by atoms with E-state index in [0.717, 1.165) is 23.6 Å². The molecule has 0 spiro atoms. The first-order chi connectivity index (χ1) is 10.7. The highest BCUT2D eigenvalue weighted by Crippen LogP contribution is 2.33. The Hall–Kier alpha value is -1.69. The molecule has 0 fully saturated rings. The molecule has 0 unspecified atom stereocenters. The third kappa shape index (κ3) is 3.74. The smallest absolute Gasteiger partial charge is 0.135 e. The van der Waals surface area contributed by atoms with Gasteiger partial charge in [0.25, 0.3) is 0 Å². The topological polar surface area (TPSA) is 28.4 Å². The Morgan fingerprint density at radius 2 is 2.14 bits per heavy atom. The van der Waals surface area contributed by atoms with Crippen LogP contribution in [0.15, 0.2) is 62.7 Å². The summed E-state index contributed by atoms with van der Waals surface area (Å²) in [5.74, 6) is 0.883. The summed E-state index contributed by atoms with van der Waals surface area (Å²) in [4.78, 5) is 3.38. The second kappa shape index (κ2) is 7.05. The molecule has 0 atom stereocenters. The average Bonchev–Trinajstić information content (AvgIpc) is 3.19. The molecule has 2 heterocycles. The van der Waals surface area contributed by atoms with Crippen LogP contribution in [0.2, 0.25) is 0 Å². The van der Waals surface area contributed by atoms with Crippen LogP contribution >= 0.6 is 23.3 Å². The molecule has 0 bridgehead atoms. The first-order valence-corrected chi connectivity index (χ1v) is 8.75. The molecule has 0 aliphatic carbocycles. The molecule has 22 heavy (non-hydrogen) atoms. The van der Waals surface area contributed by atoms with E-state index in [-0.39, 0.29) is 0 Å². The Morgan fingerprint density at radius 3 is 2.82 bits per heavy atom. The van der Waals surface area contributed by atoms with Gasteiger partial charge < -0.3 is 14.0 Å². The van der Waals surface area contributed by atoms with Gasteiger partial charge in [-0.2, -0.15) is 11.3 Å². The van der Waals surface area contributed by atoms with Crippen LogP contribution in [-0.2, 0) is 6.54 Å². The zero-order valence-corrected chi connectivity index (χ0v) is 14.2. The van der Waals surface area contributed by atoms with Crippen LogP contribution in [0.25, 0.3) is 11.3 Å². The van der Waals surface area contributed by atoms with Gasteiger partial charge in [0.15, 0.2) is 0 Å². The maximum absolute atomic E-state index is 5.60. The van der Waals surface area contributed by atoms with E-state index < -0.39 is 0 Å². The standard InChI is InChI=1S/C17H18N2OS2/c1-19(2)11-13-5-6-16(18-22-14-7-9-21-12-14)15(10-13)17-4-3-8-20-17/h3-10,12,18H,11H2,1-2H3. The molecule has 1 aromatic carbocycles. The maximum atomic E-state index is 5.60. The Labute approximate surface area is 139 Å². The van der Waals surface area contributed by atoms with Crippen LogP contribution in [0.3, 0.4) is 0 Å². The van der Waals surface area contributed by atoms with Crippen LogP contribution in [0.5, 0.6) is 0 Å². The van der Waals surface area contributed by atoms with Gasteiger partial charge in [-0.05, 0) is 67.3 Å². The van der Waals surface area contributed by atoms with Gasteiger partial charge in [0.1, 0.15) is 5.76 Å². The molecule has 0 saturated carbocycles. The van der Waals surface area contributed by atoms with Gasteiger partial charge >= 0.3 is 0 Å². The summed E-state index contributed by atoms with van der Waals surface area (Å²) in [5, 5.41) is 4.21. The van der Waals surface area contributed by atoms with Crippen molar-refractivity contribution < 1.29 is 4.42 Å². The minimum absolute atomic E-state index is 0.883. The highest BCUT2D eigenvalue weighted by atomic mass is 32.2. The van der Waals surface area contributed by atoms with E-state index in [0.29, 0.717) is 0 Å².